The van der Waals surface area contributed by atoms with E-state index in [0.29, 0.717) is 6.54 Å². The first-order valence-electron chi connectivity index (χ1n) is 9.33. The molecule has 0 bridgehead atoms. The predicted octanol–water partition coefficient (Wildman–Crippen LogP) is 1.58. The highest BCUT2D eigenvalue weighted by molar-refractivity contribution is 5.79. The smallest absolute Gasteiger partial charge is 0.191 e. The lowest BCUT2D eigenvalue weighted by atomic mass is 10.1. The van der Waals surface area contributed by atoms with Crippen molar-refractivity contribution >= 4 is 5.96 Å². The number of nitrogens with zero attached hydrogens (tertiary/aromatic N) is 4. The van der Waals surface area contributed by atoms with E-state index in [1.807, 2.05) is 11.7 Å². The lowest BCUT2D eigenvalue weighted by Gasteiger charge is -2.17. The van der Waals surface area contributed by atoms with Crippen LogP contribution in [0.1, 0.15) is 43.1 Å². The van der Waals surface area contributed by atoms with Gasteiger partial charge in [-0.15, -0.1) is 0 Å². The van der Waals surface area contributed by atoms with Crippen LogP contribution in [0.4, 0.5) is 0 Å². The van der Waals surface area contributed by atoms with Crippen LogP contribution in [0.3, 0.4) is 0 Å². The van der Waals surface area contributed by atoms with Gasteiger partial charge in [0.2, 0.25) is 0 Å². The van der Waals surface area contributed by atoms with Crippen molar-refractivity contribution in [1.82, 2.24) is 25.3 Å². The Morgan fingerprint density at radius 2 is 2.04 bits per heavy atom. The van der Waals surface area contributed by atoms with Crippen molar-refractivity contribution < 1.29 is 0 Å². The van der Waals surface area contributed by atoms with Gasteiger partial charge in [-0.25, -0.2) is 4.99 Å². The van der Waals surface area contributed by atoms with Gasteiger partial charge in [0.25, 0.3) is 0 Å². The average Bonchev–Trinajstić information content (AvgIpc) is 3.25. The SMILES string of the molecule is CCNC(=NCc1c(C)nn(C)c1C)NCC1CCN(C2CC2)C1. The van der Waals surface area contributed by atoms with Crippen molar-refractivity contribution in [3.05, 3.63) is 17.0 Å². The first-order chi connectivity index (χ1) is 11.6. The topological polar surface area (TPSA) is 57.5 Å². The van der Waals surface area contributed by atoms with E-state index in [-0.39, 0.29) is 0 Å². The monoisotopic (exact) mass is 332 g/mol. The summed E-state index contributed by atoms with van der Waals surface area (Å²) in [6.07, 6.45) is 4.13. The van der Waals surface area contributed by atoms with Gasteiger partial charge in [-0.05, 0) is 52.5 Å². The van der Waals surface area contributed by atoms with Gasteiger partial charge in [0.05, 0.1) is 12.2 Å². The minimum absolute atomic E-state index is 0.680. The number of aliphatic imine (C=N–C) groups is 1. The number of nitrogens with one attached hydrogen (secondary N) is 2. The van der Waals surface area contributed by atoms with E-state index in [1.165, 1.54) is 43.6 Å². The zero-order valence-electron chi connectivity index (χ0n) is 15.6. The summed E-state index contributed by atoms with van der Waals surface area (Å²) in [7, 11) is 1.99. The number of guanidine groups is 1. The van der Waals surface area contributed by atoms with E-state index in [2.05, 4.69) is 41.4 Å². The zero-order valence-corrected chi connectivity index (χ0v) is 15.6. The maximum Gasteiger partial charge on any atom is 0.191 e. The Balaban J connectivity index is 1.53. The van der Waals surface area contributed by atoms with Crippen LogP contribution in [0.15, 0.2) is 4.99 Å². The number of aryl methyl sites for hydroxylation is 2. The number of hydrogen-bond acceptors (Lipinski definition) is 3. The van der Waals surface area contributed by atoms with Gasteiger partial charge in [-0.3, -0.25) is 4.68 Å². The van der Waals surface area contributed by atoms with Crippen LogP contribution in [-0.4, -0.2) is 52.9 Å². The molecule has 6 heteroatoms. The van der Waals surface area contributed by atoms with Crippen molar-refractivity contribution in [3.63, 3.8) is 0 Å². The molecule has 0 amide bonds. The molecule has 134 valence electrons. The van der Waals surface area contributed by atoms with Crippen LogP contribution in [0.25, 0.3) is 0 Å². The highest BCUT2D eigenvalue weighted by Gasteiger charge is 2.34. The van der Waals surface area contributed by atoms with Crippen molar-refractivity contribution in [1.29, 1.82) is 0 Å². The molecule has 1 saturated carbocycles. The van der Waals surface area contributed by atoms with E-state index < -0.39 is 0 Å². The van der Waals surface area contributed by atoms with Gasteiger partial charge in [0.15, 0.2) is 5.96 Å². The molecule has 1 aliphatic heterocycles. The van der Waals surface area contributed by atoms with E-state index in [1.54, 1.807) is 0 Å². The van der Waals surface area contributed by atoms with Crippen LogP contribution in [0.2, 0.25) is 0 Å². The Bertz CT molecular complexity index is 587. The summed E-state index contributed by atoms with van der Waals surface area (Å²) < 4.78 is 1.94. The van der Waals surface area contributed by atoms with E-state index in [9.17, 15) is 0 Å². The van der Waals surface area contributed by atoms with Gasteiger partial charge < -0.3 is 15.5 Å². The summed E-state index contributed by atoms with van der Waals surface area (Å²) in [5.74, 6) is 1.67. The maximum absolute atomic E-state index is 4.77. The largest absolute Gasteiger partial charge is 0.357 e. The summed E-state index contributed by atoms with van der Waals surface area (Å²) in [6, 6.07) is 0.897. The molecular weight excluding hydrogens is 300 g/mol. The minimum atomic E-state index is 0.680. The number of likely N-dealkylation sites (tertiary alicyclic amines) is 1. The third-order valence-corrected chi connectivity index (χ3v) is 5.34. The molecule has 1 saturated heterocycles. The minimum Gasteiger partial charge on any atom is -0.357 e. The second-order valence-electron chi connectivity index (χ2n) is 7.23. The summed E-state index contributed by atoms with van der Waals surface area (Å²) in [5.41, 5.74) is 3.50. The summed E-state index contributed by atoms with van der Waals surface area (Å²) >= 11 is 0. The van der Waals surface area contributed by atoms with Crippen molar-refractivity contribution in [2.24, 2.45) is 18.0 Å². The molecule has 2 N–H and O–H groups in total. The van der Waals surface area contributed by atoms with Crippen LogP contribution >= 0.6 is 0 Å². The quantitative estimate of drug-likeness (QED) is 0.613. The van der Waals surface area contributed by atoms with E-state index in [0.717, 1.165) is 36.7 Å². The normalized spacial score (nSPS) is 22.2. The van der Waals surface area contributed by atoms with E-state index in [4.69, 9.17) is 4.99 Å². The molecule has 0 aromatic carbocycles. The maximum atomic E-state index is 4.77. The van der Waals surface area contributed by atoms with Gasteiger partial charge in [0.1, 0.15) is 0 Å². The summed E-state index contributed by atoms with van der Waals surface area (Å²) in [4.78, 5) is 7.44. The highest BCUT2D eigenvalue weighted by atomic mass is 15.3. The number of rotatable bonds is 6. The first kappa shape index (κ1) is 17.3. The van der Waals surface area contributed by atoms with Crippen molar-refractivity contribution in [2.75, 3.05) is 26.2 Å². The van der Waals surface area contributed by atoms with Gasteiger partial charge in [0, 0.05) is 44.0 Å². The van der Waals surface area contributed by atoms with E-state index >= 15 is 0 Å². The Kier molecular flexibility index (Phi) is 5.43. The molecule has 2 aliphatic rings. The molecule has 0 radical (unpaired) electrons. The number of hydrogen-bond donors (Lipinski definition) is 2. The Morgan fingerprint density at radius 1 is 1.25 bits per heavy atom. The molecule has 1 unspecified atom stereocenters. The molecule has 2 fully saturated rings. The molecule has 24 heavy (non-hydrogen) atoms. The molecule has 1 aromatic rings. The second kappa shape index (κ2) is 7.55. The Labute approximate surface area is 145 Å². The fourth-order valence-corrected chi connectivity index (χ4v) is 3.59. The second-order valence-corrected chi connectivity index (χ2v) is 7.23. The van der Waals surface area contributed by atoms with Crippen molar-refractivity contribution in [3.8, 4) is 0 Å². The first-order valence-corrected chi connectivity index (χ1v) is 9.33. The van der Waals surface area contributed by atoms with Crippen LogP contribution < -0.4 is 10.6 Å². The van der Waals surface area contributed by atoms with Crippen LogP contribution in [0, 0.1) is 19.8 Å². The highest BCUT2D eigenvalue weighted by Crippen LogP contribution is 2.31. The van der Waals surface area contributed by atoms with Crippen molar-refractivity contribution in [2.45, 2.75) is 52.6 Å². The molecule has 2 heterocycles. The lowest BCUT2D eigenvalue weighted by Crippen LogP contribution is -2.40. The Hall–Kier alpha value is -1.56. The molecule has 1 aliphatic carbocycles. The average molecular weight is 332 g/mol. The third-order valence-electron chi connectivity index (χ3n) is 5.34. The van der Waals surface area contributed by atoms with Crippen LogP contribution in [0.5, 0.6) is 0 Å². The zero-order chi connectivity index (χ0) is 17.1. The standard InChI is InChI=1S/C18H32N6/c1-5-19-18(21-11-17-13(2)22-23(4)14(17)3)20-10-15-8-9-24(12-15)16-6-7-16/h15-16H,5-12H2,1-4H3,(H2,19,20,21). The summed E-state index contributed by atoms with van der Waals surface area (Å²) in [6.45, 7) is 11.4. The fourth-order valence-electron chi connectivity index (χ4n) is 3.59. The summed E-state index contributed by atoms with van der Waals surface area (Å²) in [5, 5.41) is 11.4. The molecule has 0 spiro atoms. The third kappa shape index (κ3) is 4.09. The predicted molar refractivity (Wildman–Crippen MR) is 98.2 cm³/mol. The molecule has 6 nitrogen and oxygen atoms in total. The molecule has 1 atom stereocenters. The fraction of sp³-hybridized carbons (Fsp3) is 0.778. The van der Waals surface area contributed by atoms with Gasteiger partial charge >= 0.3 is 0 Å². The Morgan fingerprint density at radius 3 is 2.67 bits per heavy atom. The van der Waals surface area contributed by atoms with Crippen LogP contribution in [-0.2, 0) is 13.6 Å². The molecule has 1 aromatic heterocycles. The van der Waals surface area contributed by atoms with Gasteiger partial charge in [-0.1, -0.05) is 0 Å². The molecular formula is C18H32N6. The molecule has 3 rings (SSSR count). The lowest BCUT2D eigenvalue weighted by molar-refractivity contribution is 0.314. The van der Waals surface area contributed by atoms with Gasteiger partial charge in [-0.2, -0.15) is 5.10 Å². The number of aromatic nitrogens is 2.